The van der Waals surface area contributed by atoms with E-state index >= 15 is 0 Å². The van der Waals surface area contributed by atoms with Crippen molar-refractivity contribution in [2.24, 2.45) is 0 Å². The predicted molar refractivity (Wildman–Crippen MR) is 83.5 cm³/mol. The first kappa shape index (κ1) is 14.8. The molecule has 2 aromatic rings. The number of aromatic nitrogens is 2. The second kappa shape index (κ2) is 7.22. The average molecular weight is 282 g/mol. The molecule has 0 saturated carbocycles. The number of hydrogen-bond acceptors (Lipinski definition) is 6. The smallest absolute Gasteiger partial charge is 0.229 e. The Morgan fingerprint density at radius 2 is 1.95 bits per heavy atom. The molecule has 6 heteroatoms. The van der Waals surface area contributed by atoms with Gasteiger partial charge in [-0.05, 0) is 44.4 Å². The molecule has 0 unspecified atom stereocenters. The van der Waals surface area contributed by atoms with Gasteiger partial charge in [0.05, 0.1) is 11.6 Å². The van der Waals surface area contributed by atoms with Crippen molar-refractivity contribution in [3.63, 3.8) is 0 Å². The minimum Gasteiger partial charge on any atom is -0.369 e. The third kappa shape index (κ3) is 4.75. The van der Waals surface area contributed by atoms with Crippen molar-refractivity contribution in [3.8, 4) is 6.07 Å². The molecule has 108 valence electrons. The lowest BCUT2D eigenvalue weighted by molar-refractivity contribution is 0.425. The van der Waals surface area contributed by atoms with E-state index in [0.717, 1.165) is 24.6 Å². The highest BCUT2D eigenvalue weighted by atomic mass is 15.1. The van der Waals surface area contributed by atoms with Crippen molar-refractivity contribution in [1.29, 1.82) is 5.26 Å². The molecule has 0 bridgehead atoms. The lowest BCUT2D eigenvalue weighted by atomic mass is 10.2. The number of anilines is 3. The van der Waals surface area contributed by atoms with Crippen LogP contribution in [-0.4, -0.2) is 42.1 Å². The van der Waals surface area contributed by atoms with Crippen LogP contribution in [0.15, 0.2) is 36.5 Å². The van der Waals surface area contributed by atoms with Crippen LogP contribution in [0.2, 0.25) is 0 Å². The molecule has 0 aliphatic rings. The topological polar surface area (TPSA) is 76.9 Å². The molecule has 6 nitrogen and oxygen atoms in total. The van der Waals surface area contributed by atoms with Crippen LogP contribution in [0.1, 0.15) is 5.56 Å². The largest absolute Gasteiger partial charge is 0.369 e. The Bertz CT molecular complexity index is 615. The summed E-state index contributed by atoms with van der Waals surface area (Å²) in [7, 11) is 4.05. The van der Waals surface area contributed by atoms with Gasteiger partial charge >= 0.3 is 0 Å². The van der Waals surface area contributed by atoms with Crippen molar-refractivity contribution in [3.05, 3.63) is 42.1 Å². The molecule has 0 spiro atoms. The summed E-state index contributed by atoms with van der Waals surface area (Å²) in [5, 5.41) is 15.1. The van der Waals surface area contributed by atoms with Crippen molar-refractivity contribution in [2.45, 2.75) is 0 Å². The fourth-order valence-electron chi connectivity index (χ4n) is 1.68. The molecular formula is C15H18N6. The number of nitrogens with zero attached hydrogens (tertiary/aromatic N) is 4. The van der Waals surface area contributed by atoms with E-state index in [4.69, 9.17) is 5.26 Å². The molecule has 0 radical (unpaired) electrons. The molecule has 0 aliphatic carbocycles. The van der Waals surface area contributed by atoms with Gasteiger partial charge in [-0.3, -0.25) is 0 Å². The molecule has 1 aromatic heterocycles. The van der Waals surface area contributed by atoms with E-state index in [1.54, 1.807) is 18.3 Å². The second-order valence-electron chi connectivity index (χ2n) is 4.81. The van der Waals surface area contributed by atoms with Gasteiger partial charge in [0.1, 0.15) is 5.82 Å². The minimum atomic E-state index is 0.523. The lowest BCUT2D eigenvalue weighted by Crippen LogP contribution is -2.21. The Labute approximate surface area is 124 Å². The van der Waals surface area contributed by atoms with Crippen molar-refractivity contribution < 1.29 is 0 Å². The normalized spacial score (nSPS) is 10.2. The quantitative estimate of drug-likeness (QED) is 0.844. The first-order chi connectivity index (χ1) is 10.2. The van der Waals surface area contributed by atoms with Crippen LogP contribution in [0.5, 0.6) is 0 Å². The number of hydrogen-bond donors (Lipinski definition) is 2. The van der Waals surface area contributed by atoms with Crippen molar-refractivity contribution in [1.82, 2.24) is 14.9 Å². The summed E-state index contributed by atoms with van der Waals surface area (Å²) in [6.07, 6.45) is 1.71. The van der Waals surface area contributed by atoms with Gasteiger partial charge in [0.25, 0.3) is 0 Å². The third-order valence-corrected chi connectivity index (χ3v) is 2.79. The lowest BCUT2D eigenvalue weighted by Gasteiger charge is -2.11. The van der Waals surface area contributed by atoms with Crippen LogP contribution >= 0.6 is 0 Å². The van der Waals surface area contributed by atoms with Gasteiger partial charge in [-0.15, -0.1) is 0 Å². The molecule has 0 saturated heterocycles. The van der Waals surface area contributed by atoms with E-state index < -0.39 is 0 Å². The highest BCUT2D eigenvalue weighted by Gasteiger charge is 2.00. The Kier molecular flexibility index (Phi) is 5.07. The molecule has 2 rings (SSSR count). The van der Waals surface area contributed by atoms with Gasteiger partial charge in [-0.25, -0.2) is 4.98 Å². The van der Waals surface area contributed by atoms with Crippen LogP contribution in [0.3, 0.4) is 0 Å². The molecule has 1 heterocycles. The van der Waals surface area contributed by atoms with Crippen molar-refractivity contribution in [2.75, 3.05) is 37.8 Å². The maximum atomic E-state index is 8.77. The van der Waals surface area contributed by atoms with Crippen LogP contribution in [0, 0.1) is 11.3 Å². The molecule has 2 N–H and O–H groups in total. The van der Waals surface area contributed by atoms with Gasteiger partial charge in [0.2, 0.25) is 5.95 Å². The summed E-state index contributed by atoms with van der Waals surface area (Å²) in [5.41, 5.74) is 1.47. The maximum Gasteiger partial charge on any atom is 0.229 e. The minimum absolute atomic E-state index is 0.523. The number of nitriles is 1. The highest BCUT2D eigenvalue weighted by Crippen LogP contribution is 2.14. The van der Waals surface area contributed by atoms with E-state index in [-0.39, 0.29) is 0 Å². The van der Waals surface area contributed by atoms with Crippen LogP contribution in [0.25, 0.3) is 0 Å². The van der Waals surface area contributed by atoms with E-state index in [0.29, 0.717) is 11.5 Å². The number of nitrogens with one attached hydrogen (secondary N) is 2. The number of rotatable bonds is 6. The molecule has 0 fully saturated rings. The predicted octanol–water partition coefficient (Wildman–Crippen LogP) is 2.07. The summed E-state index contributed by atoms with van der Waals surface area (Å²) in [4.78, 5) is 10.7. The SMILES string of the molecule is CN(C)CCNc1ccnc(Nc2ccc(C#N)cc2)n1. The molecular weight excluding hydrogens is 264 g/mol. The van der Waals surface area contributed by atoms with Crippen LogP contribution < -0.4 is 10.6 Å². The fraction of sp³-hybridized carbons (Fsp3) is 0.267. The molecule has 0 atom stereocenters. The fourth-order valence-corrected chi connectivity index (χ4v) is 1.68. The molecule has 21 heavy (non-hydrogen) atoms. The van der Waals surface area contributed by atoms with E-state index in [2.05, 4.69) is 31.6 Å². The molecule has 0 amide bonds. The average Bonchev–Trinajstić information content (AvgIpc) is 2.48. The maximum absolute atomic E-state index is 8.77. The zero-order chi connectivity index (χ0) is 15.1. The Morgan fingerprint density at radius 3 is 2.62 bits per heavy atom. The summed E-state index contributed by atoms with van der Waals surface area (Å²) in [5.74, 6) is 1.30. The summed E-state index contributed by atoms with van der Waals surface area (Å²) in [6.45, 7) is 1.75. The van der Waals surface area contributed by atoms with Crippen LogP contribution in [0.4, 0.5) is 17.5 Å². The number of benzene rings is 1. The summed E-state index contributed by atoms with van der Waals surface area (Å²) in [6, 6.07) is 11.1. The zero-order valence-corrected chi connectivity index (χ0v) is 12.2. The van der Waals surface area contributed by atoms with E-state index in [1.807, 2.05) is 32.3 Å². The van der Waals surface area contributed by atoms with E-state index in [9.17, 15) is 0 Å². The zero-order valence-electron chi connectivity index (χ0n) is 12.2. The highest BCUT2D eigenvalue weighted by molar-refractivity contribution is 5.56. The van der Waals surface area contributed by atoms with Gasteiger partial charge in [-0.2, -0.15) is 10.2 Å². The van der Waals surface area contributed by atoms with Crippen molar-refractivity contribution >= 4 is 17.5 Å². The van der Waals surface area contributed by atoms with Gasteiger partial charge in [0.15, 0.2) is 0 Å². The number of likely N-dealkylation sites (N-methyl/N-ethyl adjacent to an activating group) is 1. The summed E-state index contributed by atoms with van der Waals surface area (Å²) < 4.78 is 0. The van der Waals surface area contributed by atoms with Crippen LogP contribution in [-0.2, 0) is 0 Å². The Balaban J connectivity index is 1.98. The molecule has 0 aliphatic heterocycles. The van der Waals surface area contributed by atoms with E-state index in [1.165, 1.54) is 0 Å². The standard InChI is InChI=1S/C15H18N6/c1-21(2)10-9-17-14-7-8-18-15(20-14)19-13-5-3-12(11-16)4-6-13/h3-8H,9-10H2,1-2H3,(H2,17,18,19,20). The second-order valence-corrected chi connectivity index (χ2v) is 4.81. The monoisotopic (exact) mass is 282 g/mol. The first-order valence-electron chi connectivity index (χ1n) is 6.66. The summed E-state index contributed by atoms with van der Waals surface area (Å²) >= 11 is 0. The van der Waals surface area contributed by atoms with Gasteiger partial charge in [0, 0.05) is 25.0 Å². The first-order valence-corrected chi connectivity index (χ1v) is 6.66. The van der Waals surface area contributed by atoms with Gasteiger partial charge < -0.3 is 15.5 Å². The van der Waals surface area contributed by atoms with Gasteiger partial charge in [-0.1, -0.05) is 0 Å². The Hall–Kier alpha value is -2.65. The molecule has 1 aromatic carbocycles. The third-order valence-electron chi connectivity index (χ3n) is 2.79. The Morgan fingerprint density at radius 1 is 1.19 bits per heavy atom.